The Morgan fingerprint density at radius 2 is 1.53 bits per heavy atom. The molecule has 2 aromatic heterocycles. The van der Waals surface area contributed by atoms with Gasteiger partial charge in [-0.1, -0.05) is 77.8 Å². The number of unbranched alkanes of at least 4 members (excludes halogenated alkanes) is 2. The van der Waals surface area contributed by atoms with E-state index in [1.54, 1.807) is 66.7 Å². The Bertz CT molecular complexity index is 3350. The van der Waals surface area contributed by atoms with Crippen LogP contribution in [0.15, 0.2) is 94.1 Å². The van der Waals surface area contributed by atoms with Crippen molar-refractivity contribution in [3.8, 4) is 33.4 Å². The summed E-state index contributed by atoms with van der Waals surface area (Å²) in [6, 6.07) is 20.6. The molecule has 2 fully saturated rings. The van der Waals surface area contributed by atoms with Crippen molar-refractivity contribution in [2.75, 3.05) is 32.8 Å². The number of nitrogens with zero attached hydrogens (tertiary/aromatic N) is 5. The van der Waals surface area contributed by atoms with Crippen LogP contribution >= 0.6 is 11.3 Å². The number of ether oxygens (including phenoxy) is 3. The molecule has 3 atom stereocenters. The Morgan fingerprint density at radius 3 is 2.18 bits per heavy atom. The molecule has 2 aliphatic heterocycles. The minimum Gasteiger partial charge on any atom is -0.493 e. The van der Waals surface area contributed by atoms with E-state index in [1.807, 2.05) is 64.4 Å². The molecule has 2 aliphatic rings. The number of aromatic nitrogens is 3. The molecular weight excluding hydrogens is 1040 g/mol. The van der Waals surface area contributed by atoms with Gasteiger partial charge in [-0.05, 0) is 79.8 Å². The number of rotatable bonds is 22. The van der Waals surface area contributed by atoms with E-state index in [2.05, 4.69) is 17.2 Å². The highest BCUT2D eigenvalue weighted by molar-refractivity contribution is 7.90. The Morgan fingerprint density at radius 1 is 0.861 bits per heavy atom. The largest absolute Gasteiger partial charge is 0.493 e. The van der Waals surface area contributed by atoms with Crippen molar-refractivity contribution < 1.29 is 46.9 Å². The molecule has 0 bridgehead atoms. The Hall–Kier alpha value is -6.83. The number of β-amino-alcohol motifs (C(OH)–C–C–N with tert-alkyl or cyclic N) is 1. The van der Waals surface area contributed by atoms with Crippen LogP contribution in [0.4, 0.5) is 0 Å². The minimum atomic E-state index is -4.15. The first-order chi connectivity index (χ1) is 37.6. The molecule has 4 heterocycles. The van der Waals surface area contributed by atoms with Crippen LogP contribution in [0.1, 0.15) is 113 Å². The molecule has 79 heavy (non-hydrogen) atoms. The van der Waals surface area contributed by atoms with Crippen molar-refractivity contribution in [2.24, 2.45) is 25.4 Å². The van der Waals surface area contributed by atoms with Crippen molar-refractivity contribution in [3.63, 3.8) is 0 Å². The van der Waals surface area contributed by atoms with E-state index in [0.717, 1.165) is 47.4 Å². The van der Waals surface area contributed by atoms with Crippen molar-refractivity contribution in [1.82, 2.24) is 29.2 Å². The average Bonchev–Trinajstić information content (AvgIpc) is 4.24. The van der Waals surface area contributed by atoms with Gasteiger partial charge in [-0.15, -0.1) is 11.3 Å². The maximum Gasteiger partial charge on any atom is 0.328 e. The van der Waals surface area contributed by atoms with Crippen LogP contribution in [0.25, 0.3) is 21.5 Å². The van der Waals surface area contributed by atoms with E-state index in [9.17, 15) is 37.5 Å². The molecule has 422 valence electrons. The number of hydrogen-bond donors (Lipinski definition) is 2. The molecule has 0 radical (unpaired) electrons. The standard InChI is InChI=1S/C60H74N6O11S2/c1-9-11-12-27-76-46-31-45(75-26-10-2)32-47(33-46)77-53-34-50-49(63(7)59(72)64(50)8)29-43(53)36-79(73,74)48-15-13-14-42(28-48)57(70)65-24-22-41(23-25-65)56(69)62-55(60(4,5)6)58(71)66-35-44(67)30-51(66)52(68)21-18-39-16-19-40(20-17-39)54-38(3)61-37-78-54/h13-17,19-20,28-29,31-34,37,41,44,51,55,67H,9-12,18,21-27,30,35-36H2,1-8H3,(H,62,69)/t44-,51+,55-/m1/s1. The quantitative estimate of drug-likeness (QED) is 0.0611. The average molecular weight is 1120 g/mol. The van der Waals surface area contributed by atoms with Crippen LogP contribution in [0.3, 0.4) is 0 Å². The highest BCUT2D eigenvalue weighted by atomic mass is 32.2. The van der Waals surface area contributed by atoms with Crippen LogP contribution in [-0.4, -0.2) is 112 Å². The number of piperidine rings is 1. The molecule has 0 saturated carbocycles. The molecule has 0 aliphatic carbocycles. The summed E-state index contributed by atoms with van der Waals surface area (Å²) >= 11 is 1.57. The van der Waals surface area contributed by atoms with Gasteiger partial charge >= 0.3 is 5.69 Å². The van der Waals surface area contributed by atoms with Crippen LogP contribution in [-0.2, 0) is 50.5 Å². The molecule has 0 unspecified atom stereocenters. The molecule has 19 heteroatoms. The number of sulfone groups is 1. The summed E-state index contributed by atoms with van der Waals surface area (Å²) in [6.45, 7) is 13.0. The number of hydrogen-bond acceptors (Lipinski definition) is 13. The first-order valence-corrected chi connectivity index (χ1v) is 29.9. The van der Waals surface area contributed by atoms with E-state index in [-0.39, 0.29) is 71.6 Å². The summed E-state index contributed by atoms with van der Waals surface area (Å²) in [5, 5.41) is 13.8. The second-order valence-corrected chi connectivity index (χ2v) is 24.8. The molecule has 3 amide bonds. The fourth-order valence-electron chi connectivity index (χ4n) is 10.3. The number of carbonyl (C=O) groups is 4. The van der Waals surface area contributed by atoms with Gasteiger partial charge in [0, 0.05) is 87.9 Å². The van der Waals surface area contributed by atoms with Gasteiger partial charge in [0.25, 0.3) is 5.91 Å². The van der Waals surface area contributed by atoms with Crippen molar-refractivity contribution in [1.29, 1.82) is 0 Å². The highest BCUT2D eigenvalue weighted by Gasteiger charge is 2.45. The molecular formula is C60H74N6O11S2. The van der Waals surface area contributed by atoms with Gasteiger partial charge in [0.2, 0.25) is 11.8 Å². The number of imidazole rings is 1. The summed E-state index contributed by atoms with van der Waals surface area (Å²) < 4.78 is 50.4. The van der Waals surface area contributed by atoms with Gasteiger partial charge in [-0.25, -0.2) is 18.2 Å². The summed E-state index contributed by atoms with van der Waals surface area (Å²) in [4.78, 5) is 77.8. The number of Topliss-reactive ketones (excluding diaryl/α,β-unsaturated/α-hetero) is 1. The molecule has 17 nitrogen and oxygen atoms in total. The zero-order chi connectivity index (χ0) is 56.8. The molecule has 6 aromatic rings. The van der Waals surface area contributed by atoms with Gasteiger partial charge in [-0.3, -0.25) is 28.3 Å². The third kappa shape index (κ3) is 13.8. The van der Waals surface area contributed by atoms with E-state index >= 15 is 0 Å². The second-order valence-electron chi connectivity index (χ2n) is 22.0. The number of thiazole rings is 1. The third-order valence-electron chi connectivity index (χ3n) is 14.9. The van der Waals surface area contributed by atoms with Gasteiger partial charge in [0.1, 0.15) is 29.0 Å². The normalized spacial score (nSPS) is 16.5. The van der Waals surface area contributed by atoms with Crippen LogP contribution < -0.4 is 25.2 Å². The molecule has 8 rings (SSSR count). The number of aryl methyl sites for hydroxylation is 4. The number of amides is 3. The molecule has 0 spiro atoms. The third-order valence-corrected chi connectivity index (χ3v) is 17.6. The van der Waals surface area contributed by atoms with Gasteiger partial charge in [0.15, 0.2) is 15.6 Å². The SMILES string of the molecule is CCCCCOc1cc(OCCC)cc(Oc2cc3c(cc2CS(=O)(=O)c2cccc(C(=O)N4CCC(C(=O)N[C@H](C(=O)N5C[C@H](O)C[C@H]5C(=O)CCc5ccc(-c6scnc6C)cc5)C(C)(C)C)CC4)c2)n(C)c(=O)n3C)c1. The fourth-order valence-corrected chi connectivity index (χ4v) is 12.6. The number of benzene rings is 4. The van der Waals surface area contributed by atoms with Gasteiger partial charge in [-0.2, -0.15) is 0 Å². The van der Waals surface area contributed by atoms with Crippen LogP contribution in [0, 0.1) is 18.3 Å². The molecule has 2 N–H and O–H groups in total. The number of aliphatic hydroxyl groups excluding tert-OH is 1. The van der Waals surface area contributed by atoms with Gasteiger partial charge < -0.3 is 34.4 Å². The Kier molecular flexibility index (Phi) is 18.5. The van der Waals surface area contributed by atoms with E-state index < -0.39 is 56.9 Å². The minimum absolute atomic E-state index is 0.0225. The van der Waals surface area contributed by atoms with E-state index in [4.69, 9.17) is 14.2 Å². The van der Waals surface area contributed by atoms with E-state index in [0.29, 0.717) is 60.8 Å². The topological polar surface area (TPSA) is 209 Å². The fraction of sp³-hybridized carbons (Fsp3) is 0.467. The number of nitrogens with one attached hydrogen (secondary N) is 1. The predicted molar refractivity (Wildman–Crippen MR) is 305 cm³/mol. The number of fused-ring (bicyclic) bond motifs is 1. The second kappa shape index (κ2) is 25.1. The lowest BCUT2D eigenvalue weighted by Gasteiger charge is -2.37. The van der Waals surface area contributed by atoms with Crippen molar-refractivity contribution in [2.45, 2.75) is 128 Å². The lowest BCUT2D eigenvalue weighted by Crippen LogP contribution is -2.58. The highest BCUT2D eigenvalue weighted by Crippen LogP contribution is 2.37. The van der Waals surface area contributed by atoms with Gasteiger partial charge in [0.05, 0.1) is 63.1 Å². The maximum absolute atomic E-state index is 14.5. The summed E-state index contributed by atoms with van der Waals surface area (Å²) in [6.07, 6.45) is 4.16. The monoisotopic (exact) mass is 1120 g/mol. The lowest BCUT2D eigenvalue weighted by molar-refractivity contribution is -0.144. The van der Waals surface area contributed by atoms with E-state index in [1.165, 1.54) is 32.2 Å². The van der Waals surface area contributed by atoms with Crippen LogP contribution in [0.2, 0.25) is 0 Å². The number of aliphatic hydroxyl groups is 1. The number of carbonyl (C=O) groups excluding carboxylic acids is 4. The zero-order valence-electron chi connectivity index (χ0n) is 46.6. The summed E-state index contributed by atoms with van der Waals surface area (Å²) in [7, 11) is -0.900. The molecule has 4 aromatic carbocycles. The predicted octanol–water partition coefficient (Wildman–Crippen LogP) is 8.98. The Labute approximate surface area is 466 Å². The molecule has 2 saturated heterocycles. The summed E-state index contributed by atoms with van der Waals surface area (Å²) in [5.41, 5.74) is 5.24. The maximum atomic E-state index is 14.5. The van der Waals surface area contributed by atoms with Crippen molar-refractivity contribution >= 4 is 55.7 Å². The van der Waals surface area contributed by atoms with Crippen LogP contribution in [0.5, 0.6) is 23.0 Å². The summed E-state index contributed by atoms with van der Waals surface area (Å²) in [5.74, 6) is -0.763. The number of ketones is 1. The first-order valence-electron chi connectivity index (χ1n) is 27.4. The number of likely N-dealkylation sites (tertiary alicyclic amines) is 2. The zero-order valence-corrected chi connectivity index (χ0v) is 48.2. The lowest BCUT2D eigenvalue weighted by atomic mass is 9.84. The first kappa shape index (κ1) is 58.3. The Balaban J connectivity index is 0.917. The van der Waals surface area contributed by atoms with Crippen molar-refractivity contribution in [3.05, 3.63) is 117 Å². The smallest absolute Gasteiger partial charge is 0.328 e.